The fourth-order valence-corrected chi connectivity index (χ4v) is 9.26. The second kappa shape index (κ2) is 8.34. The van der Waals surface area contributed by atoms with E-state index in [1.165, 1.54) is 44.9 Å². The lowest BCUT2D eigenvalue weighted by Gasteiger charge is -2.63. The monoisotopic (exact) mass is 420 g/mol. The summed E-state index contributed by atoms with van der Waals surface area (Å²) in [6.45, 7) is 12.0. The van der Waals surface area contributed by atoms with Gasteiger partial charge in [-0.05, 0) is 97.2 Å². The summed E-state index contributed by atoms with van der Waals surface area (Å²) in [4.78, 5) is 0. The minimum atomic E-state index is -0.670. The summed E-state index contributed by atoms with van der Waals surface area (Å²) in [6, 6.07) is 0. The SMILES string of the molecule is CC(C)CCCC(C)C1CCC2C3C(CC[C@]12C)[C@@]1(C)CC[C@H](O)CC1[C@@H](O)[C@@H]3O. The van der Waals surface area contributed by atoms with Gasteiger partial charge in [-0.2, -0.15) is 0 Å². The predicted octanol–water partition coefficient (Wildman–Crippen LogP) is 5.41. The van der Waals surface area contributed by atoms with Crippen molar-refractivity contribution < 1.29 is 15.3 Å². The lowest BCUT2D eigenvalue weighted by atomic mass is 9.43. The molecule has 30 heavy (non-hydrogen) atoms. The van der Waals surface area contributed by atoms with Gasteiger partial charge in [-0.3, -0.25) is 0 Å². The quantitative estimate of drug-likeness (QED) is 0.557. The Bertz CT molecular complexity index is 605. The van der Waals surface area contributed by atoms with Gasteiger partial charge in [-0.15, -0.1) is 0 Å². The molecular formula is C27H48O3. The van der Waals surface area contributed by atoms with E-state index in [0.29, 0.717) is 23.7 Å². The summed E-state index contributed by atoms with van der Waals surface area (Å²) in [5.41, 5.74) is 0.390. The number of hydrogen-bond donors (Lipinski definition) is 3. The van der Waals surface area contributed by atoms with Crippen LogP contribution in [0.4, 0.5) is 0 Å². The number of rotatable bonds is 5. The maximum Gasteiger partial charge on any atom is 0.0836 e. The van der Waals surface area contributed by atoms with Crippen LogP contribution in [0.5, 0.6) is 0 Å². The van der Waals surface area contributed by atoms with E-state index in [2.05, 4.69) is 34.6 Å². The number of aliphatic hydroxyl groups is 3. The van der Waals surface area contributed by atoms with Crippen LogP contribution in [-0.2, 0) is 0 Å². The van der Waals surface area contributed by atoms with Gasteiger partial charge in [0.15, 0.2) is 0 Å². The minimum absolute atomic E-state index is 0.0500. The Morgan fingerprint density at radius 2 is 1.43 bits per heavy atom. The van der Waals surface area contributed by atoms with E-state index < -0.39 is 12.2 Å². The smallest absolute Gasteiger partial charge is 0.0836 e. The van der Waals surface area contributed by atoms with Crippen molar-refractivity contribution in [3.8, 4) is 0 Å². The molecule has 0 heterocycles. The first-order chi connectivity index (χ1) is 14.1. The van der Waals surface area contributed by atoms with Gasteiger partial charge in [0, 0.05) is 0 Å². The molecule has 3 N–H and O–H groups in total. The molecule has 11 atom stereocenters. The third-order valence-electron chi connectivity index (χ3n) is 10.9. The molecule has 4 aliphatic rings. The summed E-state index contributed by atoms with van der Waals surface area (Å²) in [5, 5.41) is 32.8. The summed E-state index contributed by atoms with van der Waals surface area (Å²) in [5.74, 6) is 3.65. The fourth-order valence-electron chi connectivity index (χ4n) is 9.26. The summed E-state index contributed by atoms with van der Waals surface area (Å²) < 4.78 is 0. The van der Waals surface area contributed by atoms with E-state index in [0.717, 1.165) is 30.6 Å². The van der Waals surface area contributed by atoms with Gasteiger partial charge in [-0.1, -0.05) is 53.9 Å². The molecule has 0 aromatic heterocycles. The normalized spacial score (nSPS) is 51.9. The first-order valence-corrected chi connectivity index (χ1v) is 13.1. The predicted molar refractivity (Wildman–Crippen MR) is 122 cm³/mol. The lowest BCUT2D eigenvalue weighted by Crippen LogP contribution is -2.64. The Morgan fingerprint density at radius 3 is 2.13 bits per heavy atom. The topological polar surface area (TPSA) is 60.7 Å². The summed E-state index contributed by atoms with van der Waals surface area (Å²) in [6.07, 6.45) is 9.94. The van der Waals surface area contributed by atoms with E-state index in [4.69, 9.17) is 0 Å². The summed E-state index contributed by atoms with van der Waals surface area (Å²) >= 11 is 0. The molecule has 0 radical (unpaired) electrons. The Labute approximate surface area is 185 Å². The maximum absolute atomic E-state index is 11.4. The van der Waals surface area contributed by atoms with Crippen LogP contribution in [0.25, 0.3) is 0 Å². The second-order valence-corrected chi connectivity index (χ2v) is 12.8. The molecule has 0 bridgehead atoms. The van der Waals surface area contributed by atoms with E-state index in [9.17, 15) is 15.3 Å². The van der Waals surface area contributed by atoms with Crippen LogP contribution in [0, 0.1) is 52.3 Å². The first-order valence-electron chi connectivity index (χ1n) is 13.1. The van der Waals surface area contributed by atoms with Crippen molar-refractivity contribution in [2.75, 3.05) is 0 Å². The van der Waals surface area contributed by atoms with Crippen LogP contribution in [0.15, 0.2) is 0 Å². The third kappa shape index (κ3) is 3.59. The zero-order chi connectivity index (χ0) is 21.8. The zero-order valence-electron chi connectivity index (χ0n) is 20.2. The van der Waals surface area contributed by atoms with Crippen LogP contribution in [0.3, 0.4) is 0 Å². The molecule has 0 aromatic carbocycles. The van der Waals surface area contributed by atoms with E-state index >= 15 is 0 Å². The molecule has 174 valence electrons. The van der Waals surface area contributed by atoms with Crippen LogP contribution >= 0.6 is 0 Å². The van der Waals surface area contributed by atoms with Gasteiger partial charge in [0.1, 0.15) is 0 Å². The van der Waals surface area contributed by atoms with E-state index in [1.807, 2.05) is 0 Å². The Kier molecular flexibility index (Phi) is 6.41. The lowest BCUT2D eigenvalue weighted by molar-refractivity contribution is -0.223. The van der Waals surface area contributed by atoms with Gasteiger partial charge in [0.2, 0.25) is 0 Å². The third-order valence-corrected chi connectivity index (χ3v) is 10.9. The number of hydrogen-bond acceptors (Lipinski definition) is 3. The van der Waals surface area contributed by atoms with Crippen LogP contribution in [-0.4, -0.2) is 33.6 Å². The Balaban J connectivity index is 1.54. The number of aliphatic hydroxyl groups excluding tert-OH is 3. The molecule has 0 spiro atoms. The zero-order valence-corrected chi connectivity index (χ0v) is 20.2. The summed E-state index contributed by atoms with van der Waals surface area (Å²) in [7, 11) is 0. The molecule has 0 saturated heterocycles. The molecule has 0 aromatic rings. The van der Waals surface area contributed by atoms with Crippen LogP contribution in [0.1, 0.15) is 98.8 Å². The molecule has 6 unspecified atom stereocenters. The maximum atomic E-state index is 11.4. The van der Waals surface area contributed by atoms with Crippen LogP contribution < -0.4 is 0 Å². The first kappa shape index (κ1) is 23.1. The molecule has 0 aliphatic heterocycles. The molecule has 4 fully saturated rings. The fraction of sp³-hybridized carbons (Fsp3) is 1.00. The highest BCUT2D eigenvalue weighted by Gasteiger charge is 2.65. The highest BCUT2D eigenvalue weighted by molar-refractivity contribution is 5.14. The largest absolute Gasteiger partial charge is 0.393 e. The van der Waals surface area contributed by atoms with Crippen molar-refractivity contribution >= 4 is 0 Å². The van der Waals surface area contributed by atoms with Gasteiger partial charge in [-0.25, -0.2) is 0 Å². The van der Waals surface area contributed by atoms with E-state index in [-0.39, 0.29) is 23.4 Å². The molecule has 4 aliphatic carbocycles. The Hall–Kier alpha value is -0.120. The highest BCUT2D eigenvalue weighted by atomic mass is 16.3. The van der Waals surface area contributed by atoms with Crippen molar-refractivity contribution in [2.24, 2.45) is 52.3 Å². The average Bonchev–Trinajstić information content (AvgIpc) is 3.04. The average molecular weight is 421 g/mol. The van der Waals surface area contributed by atoms with Gasteiger partial charge in [0.25, 0.3) is 0 Å². The molecule has 3 nitrogen and oxygen atoms in total. The van der Waals surface area contributed by atoms with Gasteiger partial charge in [0.05, 0.1) is 18.3 Å². The van der Waals surface area contributed by atoms with Gasteiger partial charge < -0.3 is 15.3 Å². The van der Waals surface area contributed by atoms with Crippen molar-refractivity contribution in [3.05, 3.63) is 0 Å². The highest BCUT2D eigenvalue weighted by Crippen LogP contribution is 2.68. The van der Waals surface area contributed by atoms with Crippen LogP contribution in [0.2, 0.25) is 0 Å². The van der Waals surface area contributed by atoms with Gasteiger partial charge >= 0.3 is 0 Å². The van der Waals surface area contributed by atoms with Crippen molar-refractivity contribution in [1.82, 2.24) is 0 Å². The van der Waals surface area contributed by atoms with Crippen molar-refractivity contribution in [1.29, 1.82) is 0 Å². The van der Waals surface area contributed by atoms with E-state index in [1.54, 1.807) is 0 Å². The minimum Gasteiger partial charge on any atom is -0.393 e. The standard InChI is InChI=1S/C27H48O3/c1-16(2)7-6-8-17(3)19-9-10-20-23-21(12-14-26(19,20)4)27(5)13-11-18(28)15-22(27)24(29)25(23)30/h16-25,28-30H,6-15H2,1-5H3/t17?,18-,19?,20?,21?,22?,23?,24+,25+,26+,27+/m0/s1. The molecule has 4 rings (SSSR count). The van der Waals surface area contributed by atoms with Crippen molar-refractivity contribution in [2.45, 2.75) is 117 Å². The second-order valence-electron chi connectivity index (χ2n) is 12.8. The molecule has 0 amide bonds. The molecular weight excluding hydrogens is 372 g/mol. The number of fused-ring (bicyclic) bond motifs is 5. The van der Waals surface area contributed by atoms with Crippen molar-refractivity contribution in [3.63, 3.8) is 0 Å². The molecule has 4 saturated carbocycles. The molecule has 3 heteroatoms. The Morgan fingerprint density at radius 1 is 0.767 bits per heavy atom.